The molecule has 1 aromatic carbocycles. The molecule has 1 atom stereocenters. The predicted molar refractivity (Wildman–Crippen MR) is 120 cm³/mol. The average molecular weight is 441 g/mol. The van der Waals surface area contributed by atoms with E-state index in [0.29, 0.717) is 23.7 Å². The van der Waals surface area contributed by atoms with Crippen LogP contribution in [0.1, 0.15) is 41.6 Å². The number of benzene rings is 1. The summed E-state index contributed by atoms with van der Waals surface area (Å²) in [5.74, 6) is -0.247. The Kier molecular flexibility index (Phi) is 5.82. The highest BCUT2D eigenvalue weighted by Crippen LogP contribution is 2.25. The van der Waals surface area contributed by atoms with E-state index >= 15 is 0 Å². The molecule has 9 heteroatoms. The van der Waals surface area contributed by atoms with E-state index in [2.05, 4.69) is 20.7 Å². The van der Waals surface area contributed by atoms with E-state index in [1.807, 2.05) is 67.5 Å². The Morgan fingerprint density at radius 1 is 1.23 bits per heavy atom. The second kappa shape index (κ2) is 8.55. The van der Waals surface area contributed by atoms with Crippen molar-refractivity contribution in [3.8, 4) is 0 Å². The number of anilines is 1. The van der Waals surface area contributed by atoms with Gasteiger partial charge < -0.3 is 10.2 Å². The molecular formula is C22H25ClN6O2. The lowest BCUT2D eigenvalue weighted by Gasteiger charge is -2.10. The minimum atomic E-state index is -0.690. The van der Waals surface area contributed by atoms with Crippen molar-refractivity contribution in [1.82, 2.24) is 19.6 Å². The number of carbonyl (C=O) groups is 1. The Hall–Kier alpha value is -3.13. The number of aryl methyl sites for hydroxylation is 3. The van der Waals surface area contributed by atoms with Gasteiger partial charge in [0.05, 0.1) is 35.0 Å². The van der Waals surface area contributed by atoms with E-state index in [1.165, 1.54) is 0 Å². The second-order valence-electron chi connectivity index (χ2n) is 7.60. The molecule has 0 saturated heterocycles. The van der Waals surface area contributed by atoms with Crippen LogP contribution in [-0.4, -0.2) is 37.3 Å². The third kappa shape index (κ3) is 4.20. The maximum atomic E-state index is 12.9. The van der Waals surface area contributed by atoms with Gasteiger partial charge in [0.25, 0.3) is 5.91 Å². The Bertz CT molecular complexity index is 1160. The smallest absolute Gasteiger partial charge is 0.268 e. The zero-order valence-electron chi connectivity index (χ0n) is 18.0. The Morgan fingerprint density at radius 3 is 2.71 bits per heavy atom. The van der Waals surface area contributed by atoms with Crippen molar-refractivity contribution >= 4 is 28.9 Å². The molecule has 1 aliphatic rings. The van der Waals surface area contributed by atoms with Gasteiger partial charge in [0.15, 0.2) is 0 Å². The van der Waals surface area contributed by atoms with Crippen molar-refractivity contribution in [2.45, 2.75) is 53.3 Å². The van der Waals surface area contributed by atoms with Crippen molar-refractivity contribution < 1.29 is 9.63 Å². The van der Waals surface area contributed by atoms with Crippen LogP contribution in [0, 0.1) is 20.8 Å². The molecule has 3 heterocycles. The van der Waals surface area contributed by atoms with Gasteiger partial charge in [-0.05, 0) is 39.3 Å². The molecule has 0 aliphatic carbocycles. The number of carbonyl (C=O) groups excluding carboxylic acids is 1. The minimum absolute atomic E-state index is 0.247. The number of oxime groups is 1. The van der Waals surface area contributed by atoms with Crippen LogP contribution in [0.5, 0.6) is 0 Å². The SMILES string of the molecule is CCn1cc(C2=NOC(C(=O)Nc3c(C)nn(Cc4ccccc4Cl)c3C)C2)c(C)n1. The molecule has 0 saturated carbocycles. The standard InChI is InChI=1S/C22H25ClN6O2/c1-5-28-12-17(13(2)25-28)19-10-20(31-27-19)22(30)24-21-14(3)26-29(15(21)4)11-16-8-6-7-9-18(16)23/h6-9,12,20H,5,10-11H2,1-4H3,(H,24,30). The Morgan fingerprint density at radius 2 is 2.00 bits per heavy atom. The van der Waals surface area contributed by atoms with Gasteiger partial charge in [-0.15, -0.1) is 0 Å². The van der Waals surface area contributed by atoms with Crippen molar-refractivity contribution in [1.29, 1.82) is 0 Å². The molecular weight excluding hydrogens is 416 g/mol. The van der Waals surface area contributed by atoms with Crippen LogP contribution in [0.4, 0.5) is 5.69 Å². The number of nitrogens with zero attached hydrogens (tertiary/aromatic N) is 5. The normalized spacial score (nSPS) is 15.6. The number of hydrogen-bond donors (Lipinski definition) is 1. The summed E-state index contributed by atoms with van der Waals surface area (Å²) in [6, 6.07) is 7.65. The van der Waals surface area contributed by atoms with Crippen molar-refractivity contribution in [2.24, 2.45) is 5.16 Å². The summed E-state index contributed by atoms with van der Waals surface area (Å²) in [5, 5.41) is 16.8. The van der Waals surface area contributed by atoms with Crippen LogP contribution in [0.2, 0.25) is 5.02 Å². The molecule has 1 aliphatic heterocycles. The molecule has 1 N–H and O–H groups in total. The third-order valence-corrected chi connectivity index (χ3v) is 5.82. The summed E-state index contributed by atoms with van der Waals surface area (Å²) in [6.07, 6.45) is 1.64. The van der Waals surface area contributed by atoms with Gasteiger partial charge in [-0.2, -0.15) is 10.2 Å². The second-order valence-corrected chi connectivity index (χ2v) is 8.01. The van der Waals surface area contributed by atoms with Crippen LogP contribution in [0.15, 0.2) is 35.6 Å². The molecule has 0 radical (unpaired) electrons. The molecule has 1 amide bonds. The maximum Gasteiger partial charge on any atom is 0.268 e. The molecule has 4 rings (SSSR count). The summed E-state index contributed by atoms with van der Waals surface area (Å²) in [5.41, 5.74) is 5.76. The fourth-order valence-electron chi connectivity index (χ4n) is 3.66. The first kappa shape index (κ1) is 21.1. The first-order chi connectivity index (χ1) is 14.9. The van der Waals surface area contributed by atoms with Gasteiger partial charge in [0.1, 0.15) is 0 Å². The quantitative estimate of drug-likeness (QED) is 0.630. The van der Waals surface area contributed by atoms with Gasteiger partial charge in [-0.3, -0.25) is 14.2 Å². The number of nitrogens with one attached hydrogen (secondary N) is 1. The summed E-state index contributed by atoms with van der Waals surface area (Å²) in [4.78, 5) is 18.3. The Labute approximate surface area is 185 Å². The van der Waals surface area contributed by atoms with Crippen molar-refractivity contribution in [2.75, 3.05) is 5.32 Å². The topological polar surface area (TPSA) is 86.3 Å². The summed E-state index contributed by atoms with van der Waals surface area (Å²) in [7, 11) is 0. The van der Waals surface area contributed by atoms with Gasteiger partial charge >= 0.3 is 0 Å². The number of aromatic nitrogens is 4. The zero-order chi connectivity index (χ0) is 22.1. The van der Waals surface area contributed by atoms with Gasteiger partial charge in [-0.1, -0.05) is 35.0 Å². The highest BCUT2D eigenvalue weighted by Gasteiger charge is 2.31. The monoisotopic (exact) mass is 440 g/mol. The molecule has 162 valence electrons. The van der Waals surface area contributed by atoms with E-state index in [9.17, 15) is 4.79 Å². The fraction of sp³-hybridized carbons (Fsp3) is 0.364. The van der Waals surface area contributed by atoms with Crippen LogP contribution >= 0.6 is 11.6 Å². The molecule has 3 aromatic rings. The molecule has 0 spiro atoms. The molecule has 0 bridgehead atoms. The van der Waals surface area contributed by atoms with Gasteiger partial charge in [-0.25, -0.2) is 0 Å². The average Bonchev–Trinajstić information content (AvgIpc) is 3.44. The maximum absolute atomic E-state index is 12.9. The van der Waals surface area contributed by atoms with E-state index in [4.69, 9.17) is 16.4 Å². The van der Waals surface area contributed by atoms with Crippen LogP contribution in [0.3, 0.4) is 0 Å². The molecule has 2 aromatic heterocycles. The molecule has 0 fully saturated rings. The van der Waals surface area contributed by atoms with E-state index in [1.54, 1.807) is 0 Å². The number of amides is 1. The highest BCUT2D eigenvalue weighted by atomic mass is 35.5. The van der Waals surface area contributed by atoms with Crippen LogP contribution < -0.4 is 5.32 Å². The molecule has 8 nitrogen and oxygen atoms in total. The third-order valence-electron chi connectivity index (χ3n) is 5.45. The lowest BCUT2D eigenvalue weighted by atomic mass is 10.1. The van der Waals surface area contributed by atoms with E-state index < -0.39 is 6.10 Å². The lowest BCUT2D eigenvalue weighted by Crippen LogP contribution is -2.28. The van der Waals surface area contributed by atoms with Gasteiger partial charge in [0, 0.05) is 29.7 Å². The zero-order valence-corrected chi connectivity index (χ0v) is 18.8. The summed E-state index contributed by atoms with van der Waals surface area (Å²) in [6.45, 7) is 9.04. The minimum Gasteiger partial charge on any atom is -0.382 e. The first-order valence-corrected chi connectivity index (χ1v) is 10.6. The van der Waals surface area contributed by atoms with Crippen molar-refractivity contribution in [3.63, 3.8) is 0 Å². The van der Waals surface area contributed by atoms with E-state index in [-0.39, 0.29) is 5.91 Å². The number of rotatable bonds is 6. The fourth-order valence-corrected chi connectivity index (χ4v) is 3.86. The Balaban J connectivity index is 1.45. The van der Waals surface area contributed by atoms with Gasteiger partial charge in [0.2, 0.25) is 6.10 Å². The molecule has 1 unspecified atom stereocenters. The lowest BCUT2D eigenvalue weighted by molar-refractivity contribution is -0.125. The highest BCUT2D eigenvalue weighted by molar-refractivity contribution is 6.31. The first-order valence-electron chi connectivity index (χ1n) is 10.2. The molecule has 31 heavy (non-hydrogen) atoms. The largest absolute Gasteiger partial charge is 0.382 e. The van der Waals surface area contributed by atoms with E-state index in [0.717, 1.165) is 40.5 Å². The predicted octanol–water partition coefficient (Wildman–Crippen LogP) is 3.86. The van der Waals surface area contributed by atoms with Crippen LogP contribution in [-0.2, 0) is 22.7 Å². The number of hydrogen-bond acceptors (Lipinski definition) is 5. The van der Waals surface area contributed by atoms with Crippen LogP contribution in [0.25, 0.3) is 0 Å². The van der Waals surface area contributed by atoms with Crippen molar-refractivity contribution in [3.05, 3.63) is 63.7 Å². The summed E-state index contributed by atoms with van der Waals surface area (Å²) >= 11 is 6.28. The summed E-state index contributed by atoms with van der Waals surface area (Å²) < 4.78 is 3.69. The number of halogens is 1.